The van der Waals surface area contributed by atoms with Crippen LogP contribution in [0.15, 0.2) is 54.6 Å². The third kappa shape index (κ3) is 7.61. The molecule has 0 aromatic heterocycles. The summed E-state index contributed by atoms with van der Waals surface area (Å²) >= 11 is 2.15. The molecule has 0 amide bonds. The molecule has 0 spiro atoms. The second kappa shape index (κ2) is 10.2. The molecule has 30 heavy (non-hydrogen) atoms. The minimum Gasteiger partial charge on any atom is -0.459 e. The number of halogens is 3. The molecule has 1 atom stereocenters. The summed E-state index contributed by atoms with van der Waals surface area (Å²) in [6.45, 7) is 6.41. The molecule has 0 heterocycles. The van der Waals surface area contributed by atoms with Gasteiger partial charge in [0, 0.05) is 9.99 Å². The molecule has 0 N–H and O–H groups in total. The van der Waals surface area contributed by atoms with Gasteiger partial charge in [0.25, 0.3) is 5.92 Å². The fraction of sp³-hybridized carbons (Fsp3) is 0.458. The van der Waals surface area contributed by atoms with E-state index in [4.69, 9.17) is 9.47 Å². The average molecular weight is 530 g/mol. The lowest BCUT2D eigenvalue weighted by atomic mass is 9.77. The number of hydrogen-bond donors (Lipinski definition) is 0. The quantitative estimate of drug-likeness (QED) is 0.274. The first-order chi connectivity index (χ1) is 13.9. The first-order valence-electron chi connectivity index (χ1n) is 9.90. The van der Waals surface area contributed by atoms with Gasteiger partial charge < -0.3 is 9.47 Å². The Labute approximate surface area is 191 Å². The van der Waals surface area contributed by atoms with Crippen LogP contribution in [-0.4, -0.2) is 24.1 Å². The highest BCUT2D eigenvalue weighted by molar-refractivity contribution is 14.1. The summed E-state index contributed by atoms with van der Waals surface area (Å²) in [5.74, 6) is -3.56. The van der Waals surface area contributed by atoms with E-state index in [-0.39, 0.29) is 13.0 Å². The Hall–Kier alpha value is -1.54. The molecule has 0 saturated carbocycles. The molecule has 0 fully saturated rings. The first kappa shape index (κ1) is 24.7. The fourth-order valence-corrected chi connectivity index (χ4v) is 3.53. The average Bonchev–Trinajstić information content (AvgIpc) is 2.65. The Balaban J connectivity index is 2.10. The lowest BCUT2D eigenvalue weighted by molar-refractivity contribution is -0.163. The van der Waals surface area contributed by atoms with Crippen molar-refractivity contribution in [1.82, 2.24) is 0 Å². The highest BCUT2D eigenvalue weighted by Gasteiger charge is 2.42. The smallest absolute Gasteiger partial charge is 0.316 e. The number of esters is 1. The lowest BCUT2D eigenvalue weighted by Crippen LogP contribution is -2.40. The first-order valence-corrected chi connectivity index (χ1v) is 11.0. The monoisotopic (exact) mass is 530 g/mol. The van der Waals surface area contributed by atoms with E-state index in [1.54, 1.807) is 33.8 Å². The zero-order valence-electron chi connectivity index (χ0n) is 17.9. The van der Waals surface area contributed by atoms with Gasteiger partial charge in [-0.1, -0.05) is 42.5 Å². The minimum absolute atomic E-state index is 0.0519. The topological polar surface area (TPSA) is 35.5 Å². The Morgan fingerprint density at radius 3 is 2.23 bits per heavy atom. The van der Waals surface area contributed by atoms with Crippen molar-refractivity contribution in [2.75, 3.05) is 6.61 Å². The molecule has 2 aromatic carbocycles. The van der Waals surface area contributed by atoms with Gasteiger partial charge >= 0.3 is 5.97 Å². The molecule has 3 nitrogen and oxygen atoms in total. The number of rotatable bonds is 9. The van der Waals surface area contributed by atoms with Crippen molar-refractivity contribution in [1.29, 1.82) is 0 Å². The summed E-state index contributed by atoms with van der Waals surface area (Å²) in [6, 6.07) is 16.5. The van der Waals surface area contributed by atoms with Crippen molar-refractivity contribution in [2.24, 2.45) is 0 Å². The molecule has 0 radical (unpaired) electrons. The van der Waals surface area contributed by atoms with Crippen molar-refractivity contribution in [3.05, 3.63) is 69.3 Å². The standard InChI is InChI=1S/C24H29F2IO3/c1-22(2,3)30-21(28)23(4,19-11-8-12-20(27)15-19)13-14-24(25,26)17-29-16-18-9-6-5-7-10-18/h5-12,15H,13-14,16-17H2,1-4H3. The Bertz CT molecular complexity index is 834. The van der Waals surface area contributed by atoms with E-state index in [0.717, 1.165) is 9.13 Å². The fourth-order valence-electron chi connectivity index (χ4n) is 2.98. The van der Waals surface area contributed by atoms with Gasteiger partial charge in [0.15, 0.2) is 0 Å². The molecule has 2 aromatic rings. The van der Waals surface area contributed by atoms with Gasteiger partial charge in [-0.25, -0.2) is 8.78 Å². The molecule has 6 heteroatoms. The van der Waals surface area contributed by atoms with Gasteiger partial charge in [0.1, 0.15) is 12.2 Å². The number of carbonyl (C=O) groups excluding carboxylic acids is 1. The SMILES string of the molecule is CC(C)(C)OC(=O)C(C)(CCC(F)(F)COCc1ccccc1)c1cccc(I)c1. The molecule has 164 valence electrons. The maximum atomic E-state index is 14.6. The van der Waals surface area contributed by atoms with E-state index in [0.29, 0.717) is 5.56 Å². The number of carbonyl (C=O) groups is 1. The van der Waals surface area contributed by atoms with E-state index < -0.39 is 35.9 Å². The summed E-state index contributed by atoms with van der Waals surface area (Å²) in [6.07, 6.45) is -0.535. The molecule has 0 aliphatic heterocycles. The molecular weight excluding hydrogens is 501 g/mol. The largest absolute Gasteiger partial charge is 0.459 e. The summed E-state index contributed by atoms with van der Waals surface area (Å²) in [5.41, 5.74) is -0.380. The molecule has 0 bridgehead atoms. The van der Waals surface area contributed by atoms with Crippen LogP contribution in [0.3, 0.4) is 0 Å². The maximum absolute atomic E-state index is 14.6. The minimum atomic E-state index is -3.06. The summed E-state index contributed by atoms with van der Waals surface area (Å²) in [7, 11) is 0. The highest BCUT2D eigenvalue weighted by atomic mass is 127. The van der Waals surface area contributed by atoms with Crippen LogP contribution in [0.1, 0.15) is 51.7 Å². The Morgan fingerprint density at radius 1 is 0.967 bits per heavy atom. The van der Waals surface area contributed by atoms with Gasteiger partial charge in [-0.3, -0.25) is 4.79 Å². The van der Waals surface area contributed by atoms with E-state index in [9.17, 15) is 13.6 Å². The van der Waals surface area contributed by atoms with Gasteiger partial charge in [0.05, 0.1) is 12.0 Å². The van der Waals surface area contributed by atoms with Gasteiger partial charge in [-0.2, -0.15) is 0 Å². The van der Waals surface area contributed by atoms with Crippen LogP contribution in [0.5, 0.6) is 0 Å². The zero-order valence-corrected chi connectivity index (χ0v) is 20.0. The predicted molar refractivity (Wildman–Crippen MR) is 123 cm³/mol. The van der Waals surface area contributed by atoms with Crippen LogP contribution in [-0.2, 0) is 26.3 Å². The van der Waals surface area contributed by atoms with Crippen molar-refractivity contribution in [2.45, 2.75) is 64.1 Å². The molecular formula is C24H29F2IO3. The van der Waals surface area contributed by atoms with Gasteiger partial charge in [-0.15, -0.1) is 0 Å². The van der Waals surface area contributed by atoms with Crippen molar-refractivity contribution < 1.29 is 23.0 Å². The number of alkyl halides is 2. The van der Waals surface area contributed by atoms with Gasteiger partial charge in [0.2, 0.25) is 0 Å². The van der Waals surface area contributed by atoms with Crippen LogP contribution in [0.2, 0.25) is 0 Å². The zero-order chi connectivity index (χ0) is 22.4. The number of hydrogen-bond acceptors (Lipinski definition) is 3. The maximum Gasteiger partial charge on any atom is 0.316 e. The molecule has 1 unspecified atom stereocenters. The molecule has 0 aliphatic carbocycles. The normalized spacial score (nSPS) is 14.2. The summed E-state index contributed by atoms with van der Waals surface area (Å²) < 4.78 is 40.9. The Morgan fingerprint density at radius 2 is 1.63 bits per heavy atom. The second-order valence-electron chi connectivity index (χ2n) is 8.68. The van der Waals surface area contributed by atoms with Crippen LogP contribution in [0, 0.1) is 3.57 Å². The molecule has 0 aliphatic rings. The van der Waals surface area contributed by atoms with Crippen molar-refractivity contribution >= 4 is 28.6 Å². The highest BCUT2D eigenvalue weighted by Crippen LogP contribution is 2.36. The number of benzene rings is 2. The van der Waals surface area contributed by atoms with Crippen LogP contribution in [0.4, 0.5) is 8.78 Å². The summed E-state index contributed by atoms with van der Waals surface area (Å²) in [5, 5.41) is 0. The Kier molecular flexibility index (Phi) is 8.39. The van der Waals surface area contributed by atoms with E-state index >= 15 is 0 Å². The summed E-state index contributed by atoms with van der Waals surface area (Å²) in [4.78, 5) is 13.0. The van der Waals surface area contributed by atoms with Crippen LogP contribution in [0.25, 0.3) is 0 Å². The predicted octanol–water partition coefficient (Wildman–Crippen LogP) is 6.52. The van der Waals surface area contributed by atoms with Gasteiger partial charge in [-0.05, 0) is 80.0 Å². The second-order valence-corrected chi connectivity index (χ2v) is 9.92. The van der Waals surface area contributed by atoms with Crippen molar-refractivity contribution in [3.63, 3.8) is 0 Å². The molecule has 0 saturated heterocycles. The van der Waals surface area contributed by atoms with Crippen LogP contribution >= 0.6 is 22.6 Å². The molecule has 2 rings (SSSR count). The van der Waals surface area contributed by atoms with E-state index in [2.05, 4.69) is 22.6 Å². The van der Waals surface area contributed by atoms with E-state index in [1.165, 1.54) is 0 Å². The van der Waals surface area contributed by atoms with Crippen LogP contribution < -0.4 is 0 Å². The lowest BCUT2D eigenvalue weighted by Gasteiger charge is -2.33. The third-order valence-corrected chi connectivity index (χ3v) is 5.40. The third-order valence-electron chi connectivity index (χ3n) is 4.73. The van der Waals surface area contributed by atoms with E-state index in [1.807, 2.05) is 48.5 Å². The van der Waals surface area contributed by atoms with Crippen molar-refractivity contribution in [3.8, 4) is 0 Å². The number of ether oxygens (including phenoxy) is 2.